The number of hydrogen-bond donors (Lipinski definition) is 1. The minimum atomic E-state index is -3.01. The van der Waals surface area contributed by atoms with Crippen LogP contribution in [-0.4, -0.2) is 35.6 Å². The van der Waals surface area contributed by atoms with E-state index in [0.717, 1.165) is 5.56 Å². The molecule has 0 aliphatic carbocycles. The zero-order valence-corrected chi connectivity index (χ0v) is 15.0. The lowest BCUT2D eigenvalue weighted by atomic mass is 10.1. The lowest BCUT2D eigenvalue weighted by Crippen LogP contribution is -2.16. The van der Waals surface area contributed by atoms with Gasteiger partial charge in [0.1, 0.15) is 0 Å². The number of aromatic nitrogens is 2. The highest BCUT2D eigenvalue weighted by Gasteiger charge is 2.31. The number of halogens is 1. The molecule has 1 saturated heterocycles. The Labute approximate surface area is 145 Å². The van der Waals surface area contributed by atoms with E-state index in [2.05, 4.69) is 10.4 Å². The van der Waals surface area contributed by atoms with Crippen LogP contribution < -0.4 is 5.32 Å². The molecule has 1 atom stereocenters. The summed E-state index contributed by atoms with van der Waals surface area (Å²) in [4.78, 5) is 12.5. The van der Waals surface area contributed by atoms with Gasteiger partial charge in [-0.15, -0.1) is 0 Å². The second kappa shape index (κ2) is 6.22. The molecule has 128 valence electrons. The molecular weight excluding hydrogens is 350 g/mol. The molecule has 0 spiro atoms. The van der Waals surface area contributed by atoms with Crippen molar-refractivity contribution in [1.29, 1.82) is 0 Å². The van der Waals surface area contributed by atoms with Crippen molar-refractivity contribution in [3.63, 3.8) is 0 Å². The fraction of sp³-hybridized carbons (Fsp3) is 0.375. The van der Waals surface area contributed by atoms with Crippen LogP contribution in [0, 0.1) is 13.8 Å². The highest BCUT2D eigenvalue weighted by Crippen LogP contribution is 2.26. The van der Waals surface area contributed by atoms with E-state index < -0.39 is 9.84 Å². The van der Waals surface area contributed by atoms with Crippen molar-refractivity contribution in [3.8, 4) is 0 Å². The smallest absolute Gasteiger partial charge is 0.259 e. The first-order valence-corrected chi connectivity index (χ1v) is 9.79. The summed E-state index contributed by atoms with van der Waals surface area (Å²) < 4.78 is 24.9. The molecule has 1 aliphatic rings. The molecule has 2 heterocycles. The monoisotopic (exact) mass is 367 g/mol. The third-order valence-electron chi connectivity index (χ3n) is 4.29. The van der Waals surface area contributed by atoms with E-state index in [1.54, 1.807) is 23.7 Å². The maximum Gasteiger partial charge on any atom is 0.259 e. The number of carbonyl (C=O) groups excluding carboxylic acids is 1. The zero-order valence-electron chi connectivity index (χ0n) is 13.4. The molecule has 3 rings (SSSR count). The predicted molar refractivity (Wildman–Crippen MR) is 93.4 cm³/mol. The van der Waals surface area contributed by atoms with Crippen molar-refractivity contribution in [2.75, 3.05) is 16.8 Å². The molecule has 1 aliphatic heterocycles. The Morgan fingerprint density at radius 3 is 2.79 bits per heavy atom. The van der Waals surface area contributed by atoms with Crippen molar-refractivity contribution in [2.45, 2.75) is 26.3 Å². The number of anilines is 1. The summed E-state index contributed by atoms with van der Waals surface area (Å²) in [5.74, 6) is -0.0468. The van der Waals surface area contributed by atoms with Gasteiger partial charge in [0.2, 0.25) is 0 Å². The molecule has 0 radical (unpaired) electrons. The number of aryl methyl sites for hydroxylation is 1. The minimum absolute atomic E-state index is 0.0734. The fourth-order valence-electron chi connectivity index (χ4n) is 2.90. The number of hydrogen-bond acceptors (Lipinski definition) is 4. The number of sulfone groups is 1. The molecule has 0 saturated carbocycles. The summed E-state index contributed by atoms with van der Waals surface area (Å²) in [5, 5.41) is 7.61. The molecule has 0 bridgehead atoms. The van der Waals surface area contributed by atoms with Crippen molar-refractivity contribution in [3.05, 3.63) is 46.2 Å². The molecule has 1 aromatic heterocycles. The zero-order chi connectivity index (χ0) is 17.5. The van der Waals surface area contributed by atoms with E-state index in [1.165, 1.54) is 6.20 Å². The standard InChI is InChI=1S/C16H18ClN3O3S/c1-10-3-4-12(17)7-15(10)19-16(21)14-8-18-20(11(14)2)13-5-6-24(22,23)9-13/h3-4,7-8,13H,5-6,9H2,1-2H3,(H,19,21). The Hall–Kier alpha value is -1.86. The Morgan fingerprint density at radius 1 is 1.38 bits per heavy atom. The molecule has 1 fully saturated rings. The van der Waals surface area contributed by atoms with Crippen molar-refractivity contribution in [1.82, 2.24) is 9.78 Å². The van der Waals surface area contributed by atoms with E-state index in [-0.39, 0.29) is 23.5 Å². The molecule has 8 heteroatoms. The molecule has 1 amide bonds. The molecule has 24 heavy (non-hydrogen) atoms. The summed E-state index contributed by atoms with van der Waals surface area (Å²) in [6, 6.07) is 5.08. The second-order valence-electron chi connectivity index (χ2n) is 6.06. The van der Waals surface area contributed by atoms with Crippen LogP contribution in [0.15, 0.2) is 24.4 Å². The van der Waals surface area contributed by atoms with Crippen LogP contribution in [0.4, 0.5) is 5.69 Å². The van der Waals surface area contributed by atoms with E-state index in [0.29, 0.717) is 28.4 Å². The van der Waals surface area contributed by atoms with Crippen molar-refractivity contribution < 1.29 is 13.2 Å². The molecule has 2 aromatic rings. The second-order valence-corrected chi connectivity index (χ2v) is 8.72. The Kier molecular flexibility index (Phi) is 4.40. The van der Waals surface area contributed by atoms with Gasteiger partial charge in [0.05, 0.1) is 29.3 Å². The largest absolute Gasteiger partial charge is 0.322 e. The Balaban J connectivity index is 1.83. The minimum Gasteiger partial charge on any atom is -0.322 e. The highest BCUT2D eigenvalue weighted by molar-refractivity contribution is 7.91. The van der Waals surface area contributed by atoms with E-state index in [9.17, 15) is 13.2 Å². The molecule has 6 nitrogen and oxygen atoms in total. The van der Waals surface area contributed by atoms with Gasteiger partial charge in [-0.3, -0.25) is 9.48 Å². The van der Waals surface area contributed by atoms with Crippen LogP contribution in [0.1, 0.15) is 34.1 Å². The molecule has 1 unspecified atom stereocenters. The number of amides is 1. The van der Waals surface area contributed by atoms with Gasteiger partial charge >= 0.3 is 0 Å². The van der Waals surface area contributed by atoms with Gasteiger partial charge in [0, 0.05) is 16.4 Å². The van der Waals surface area contributed by atoms with Gasteiger partial charge in [-0.2, -0.15) is 5.10 Å². The van der Waals surface area contributed by atoms with E-state index in [4.69, 9.17) is 11.6 Å². The first-order chi connectivity index (χ1) is 11.3. The van der Waals surface area contributed by atoms with Gasteiger partial charge in [0.25, 0.3) is 5.91 Å². The summed E-state index contributed by atoms with van der Waals surface area (Å²) in [7, 11) is -3.01. The van der Waals surface area contributed by atoms with Gasteiger partial charge < -0.3 is 5.32 Å². The Bertz CT molecular complexity index is 905. The summed E-state index contributed by atoms with van der Waals surface area (Å²) in [6.45, 7) is 3.66. The average Bonchev–Trinajstić information content (AvgIpc) is 3.05. The molecular formula is C16H18ClN3O3S. The van der Waals surface area contributed by atoms with E-state index in [1.807, 2.05) is 13.0 Å². The molecule has 1 aromatic carbocycles. The van der Waals surface area contributed by atoms with Crippen LogP contribution in [-0.2, 0) is 9.84 Å². The van der Waals surface area contributed by atoms with Gasteiger partial charge in [-0.05, 0) is 38.0 Å². The molecule has 1 N–H and O–H groups in total. The van der Waals surface area contributed by atoms with E-state index >= 15 is 0 Å². The highest BCUT2D eigenvalue weighted by atomic mass is 35.5. The lowest BCUT2D eigenvalue weighted by Gasteiger charge is -2.12. The number of rotatable bonds is 3. The number of benzene rings is 1. The van der Waals surface area contributed by atoms with Crippen LogP contribution in [0.2, 0.25) is 5.02 Å². The average molecular weight is 368 g/mol. The third kappa shape index (κ3) is 3.32. The first kappa shape index (κ1) is 17.0. The van der Waals surface area contributed by atoms with Crippen LogP contribution in [0.5, 0.6) is 0 Å². The van der Waals surface area contributed by atoms with Crippen LogP contribution in [0.25, 0.3) is 0 Å². The maximum atomic E-state index is 12.5. The van der Waals surface area contributed by atoms with Crippen LogP contribution >= 0.6 is 11.6 Å². The van der Waals surface area contributed by atoms with Gasteiger partial charge in [0.15, 0.2) is 9.84 Å². The summed E-state index contributed by atoms with van der Waals surface area (Å²) in [6.07, 6.45) is 2.01. The number of nitrogens with one attached hydrogen (secondary N) is 1. The maximum absolute atomic E-state index is 12.5. The lowest BCUT2D eigenvalue weighted by molar-refractivity contribution is 0.102. The summed E-state index contributed by atoms with van der Waals surface area (Å²) >= 11 is 5.97. The Morgan fingerprint density at radius 2 is 2.12 bits per heavy atom. The quantitative estimate of drug-likeness (QED) is 0.904. The predicted octanol–water partition coefficient (Wildman–Crippen LogP) is 2.77. The normalized spacial score (nSPS) is 19.4. The number of carbonyl (C=O) groups is 1. The van der Waals surface area contributed by atoms with Crippen molar-refractivity contribution in [2.24, 2.45) is 0 Å². The first-order valence-electron chi connectivity index (χ1n) is 7.59. The SMILES string of the molecule is Cc1ccc(Cl)cc1NC(=O)c1cnn(C2CCS(=O)(=O)C2)c1C. The van der Waals surface area contributed by atoms with Gasteiger partial charge in [-0.1, -0.05) is 17.7 Å². The fourth-order valence-corrected chi connectivity index (χ4v) is 4.77. The summed E-state index contributed by atoms with van der Waals surface area (Å²) in [5.41, 5.74) is 2.63. The third-order valence-corrected chi connectivity index (χ3v) is 6.28. The number of nitrogens with zero attached hydrogens (tertiary/aromatic N) is 2. The topological polar surface area (TPSA) is 81.1 Å². The van der Waals surface area contributed by atoms with Crippen LogP contribution in [0.3, 0.4) is 0 Å². The van der Waals surface area contributed by atoms with Gasteiger partial charge in [-0.25, -0.2) is 8.42 Å². The van der Waals surface area contributed by atoms with Crippen molar-refractivity contribution >= 4 is 33.0 Å².